The summed E-state index contributed by atoms with van der Waals surface area (Å²) in [6.45, 7) is 2.52. The van der Waals surface area contributed by atoms with Crippen molar-refractivity contribution in [3.8, 4) is 5.75 Å². The van der Waals surface area contributed by atoms with E-state index in [4.69, 9.17) is 9.47 Å². The predicted molar refractivity (Wildman–Crippen MR) is 115 cm³/mol. The Morgan fingerprint density at radius 1 is 1.13 bits per heavy atom. The van der Waals surface area contributed by atoms with Gasteiger partial charge in [-0.1, -0.05) is 12.1 Å². The van der Waals surface area contributed by atoms with E-state index in [9.17, 15) is 19.7 Å². The molecule has 0 radical (unpaired) electrons. The Labute approximate surface area is 180 Å². The van der Waals surface area contributed by atoms with Gasteiger partial charge in [0.15, 0.2) is 6.10 Å². The third-order valence-corrected chi connectivity index (χ3v) is 5.27. The average molecular weight is 427 g/mol. The Balaban J connectivity index is 1.51. The first kappa shape index (κ1) is 22.1. The van der Waals surface area contributed by atoms with Crippen molar-refractivity contribution < 1.29 is 24.0 Å². The predicted octanol–water partition coefficient (Wildman–Crippen LogP) is 3.39. The van der Waals surface area contributed by atoms with Crippen molar-refractivity contribution in [1.82, 2.24) is 0 Å². The highest BCUT2D eigenvalue weighted by Crippen LogP contribution is 2.31. The van der Waals surface area contributed by atoms with Crippen molar-refractivity contribution in [1.29, 1.82) is 0 Å². The summed E-state index contributed by atoms with van der Waals surface area (Å²) in [4.78, 5) is 37.6. The molecule has 0 bridgehead atoms. The second-order valence-corrected chi connectivity index (χ2v) is 7.30. The Morgan fingerprint density at radius 2 is 1.77 bits per heavy atom. The standard InChI is InChI=1S/C22H25N3O6/c1-15(21(26)23-17-7-9-18(30-2)10-8-17)31-22(27)16-11-13-24(14-12-16)19-5-3-4-6-20(19)25(28)29/h3-10,15-16H,11-14H2,1-2H3,(H,23,26)/t15-/m1/s1. The molecule has 0 aromatic heterocycles. The number of para-hydroxylation sites is 2. The number of nitrogens with one attached hydrogen (secondary N) is 1. The van der Waals surface area contributed by atoms with Gasteiger partial charge in [0, 0.05) is 24.8 Å². The lowest BCUT2D eigenvalue weighted by Crippen LogP contribution is -2.39. The van der Waals surface area contributed by atoms with Crippen LogP contribution in [0.1, 0.15) is 19.8 Å². The smallest absolute Gasteiger partial charge is 0.309 e. The number of nitro groups is 1. The van der Waals surface area contributed by atoms with Crippen LogP contribution in [0, 0.1) is 16.0 Å². The highest BCUT2D eigenvalue weighted by molar-refractivity contribution is 5.95. The first-order valence-corrected chi connectivity index (χ1v) is 10.0. The molecule has 1 N–H and O–H groups in total. The van der Waals surface area contributed by atoms with Crippen LogP contribution >= 0.6 is 0 Å². The Hall–Kier alpha value is -3.62. The summed E-state index contributed by atoms with van der Waals surface area (Å²) >= 11 is 0. The van der Waals surface area contributed by atoms with Crippen LogP contribution in [-0.2, 0) is 14.3 Å². The van der Waals surface area contributed by atoms with E-state index in [-0.39, 0.29) is 11.6 Å². The molecular weight excluding hydrogens is 402 g/mol. The molecular formula is C22H25N3O6. The van der Waals surface area contributed by atoms with Crippen molar-refractivity contribution in [3.63, 3.8) is 0 Å². The second-order valence-electron chi connectivity index (χ2n) is 7.30. The summed E-state index contributed by atoms with van der Waals surface area (Å²) in [6.07, 6.45) is 0.0536. The molecule has 3 rings (SSSR count). The topological polar surface area (TPSA) is 111 Å². The molecule has 9 nitrogen and oxygen atoms in total. The number of rotatable bonds is 7. The molecule has 0 spiro atoms. The summed E-state index contributed by atoms with van der Waals surface area (Å²) in [6, 6.07) is 13.4. The molecule has 2 aromatic carbocycles. The number of amides is 1. The van der Waals surface area contributed by atoms with E-state index >= 15 is 0 Å². The average Bonchev–Trinajstić information content (AvgIpc) is 2.79. The lowest BCUT2D eigenvalue weighted by Gasteiger charge is -2.32. The van der Waals surface area contributed by atoms with Gasteiger partial charge in [-0.15, -0.1) is 0 Å². The van der Waals surface area contributed by atoms with Crippen LogP contribution in [0.5, 0.6) is 5.75 Å². The van der Waals surface area contributed by atoms with Gasteiger partial charge in [-0.05, 0) is 50.1 Å². The molecule has 0 unspecified atom stereocenters. The summed E-state index contributed by atoms with van der Waals surface area (Å²) in [5.41, 5.74) is 1.17. The van der Waals surface area contributed by atoms with Gasteiger partial charge in [0.1, 0.15) is 11.4 Å². The molecule has 31 heavy (non-hydrogen) atoms. The molecule has 0 aliphatic carbocycles. The van der Waals surface area contributed by atoms with Gasteiger partial charge in [-0.25, -0.2) is 0 Å². The van der Waals surface area contributed by atoms with Crippen LogP contribution in [0.2, 0.25) is 0 Å². The van der Waals surface area contributed by atoms with Crippen molar-refractivity contribution in [2.24, 2.45) is 5.92 Å². The highest BCUT2D eigenvalue weighted by Gasteiger charge is 2.30. The lowest BCUT2D eigenvalue weighted by molar-refractivity contribution is -0.384. The number of hydrogen-bond acceptors (Lipinski definition) is 7. The SMILES string of the molecule is COc1ccc(NC(=O)[C@@H](C)OC(=O)C2CCN(c3ccccc3[N+](=O)[O-])CC2)cc1. The normalized spacial score (nSPS) is 15.1. The van der Waals surface area contributed by atoms with Crippen LogP contribution in [0.15, 0.2) is 48.5 Å². The maximum Gasteiger partial charge on any atom is 0.309 e. The van der Waals surface area contributed by atoms with Crippen LogP contribution in [0.25, 0.3) is 0 Å². The highest BCUT2D eigenvalue weighted by atomic mass is 16.6. The number of piperidine rings is 1. The fraction of sp³-hybridized carbons (Fsp3) is 0.364. The van der Waals surface area contributed by atoms with Crippen LogP contribution in [0.3, 0.4) is 0 Å². The number of carbonyl (C=O) groups excluding carboxylic acids is 2. The van der Waals surface area contributed by atoms with E-state index in [1.54, 1.807) is 49.6 Å². The molecule has 1 amide bonds. The lowest BCUT2D eigenvalue weighted by atomic mass is 9.96. The number of benzene rings is 2. The van der Waals surface area contributed by atoms with E-state index in [1.807, 2.05) is 4.90 Å². The van der Waals surface area contributed by atoms with Crippen molar-refractivity contribution in [2.45, 2.75) is 25.9 Å². The van der Waals surface area contributed by atoms with Crippen molar-refractivity contribution in [2.75, 3.05) is 30.4 Å². The van der Waals surface area contributed by atoms with Gasteiger partial charge in [0.05, 0.1) is 18.0 Å². The number of carbonyl (C=O) groups is 2. The molecule has 1 saturated heterocycles. The van der Waals surface area contributed by atoms with Crippen LogP contribution < -0.4 is 15.0 Å². The Kier molecular flexibility index (Phi) is 7.07. The summed E-state index contributed by atoms with van der Waals surface area (Å²) in [5.74, 6) is -0.532. The molecule has 164 valence electrons. The zero-order valence-corrected chi connectivity index (χ0v) is 17.4. The molecule has 1 atom stereocenters. The first-order chi connectivity index (χ1) is 14.9. The number of esters is 1. The molecule has 2 aromatic rings. The summed E-state index contributed by atoms with van der Waals surface area (Å²) in [5, 5.41) is 13.9. The van der Waals surface area contributed by atoms with Crippen LogP contribution in [0.4, 0.5) is 17.1 Å². The zero-order chi connectivity index (χ0) is 22.4. The maximum atomic E-state index is 12.5. The molecule has 1 aliphatic heterocycles. The molecule has 1 heterocycles. The zero-order valence-electron chi connectivity index (χ0n) is 17.4. The molecule has 0 saturated carbocycles. The van der Waals surface area contributed by atoms with Gasteiger partial charge >= 0.3 is 5.97 Å². The van der Waals surface area contributed by atoms with Gasteiger partial charge < -0.3 is 19.7 Å². The molecule has 1 fully saturated rings. The minimum atomic E-state index is -0.942. The van der Waals surface area contributed by atoms with Crippen molar-refractivity contribution in [3.05, 3.63) is 58.6 Å². The Bertz CT molecular complexity index is 939. The number of ether oxygens (including phenoxy) is 2. The minimum absolute atomic E-state index is 0.0485. The van der Waals surface area contributed by atoms with Gasteiger partial charge in [0.2, 0.25) is 0 Å². The quantitative estimate of drug-likeness (QED) is 0.410. The molecule has 1 aliphatic rings. The number of nitro benzene ring substituents is 1. The van der Waals surface area contributed by atoms with E-state index in [0.29, 0.717) is 43.1 Å². The minimum Gasteiger partial charge on any atom is -0.497 e. The van der Waals surface area contributed by atoms with Crippen molar-refractivity contribution >= 4 is 28.9 Å². The number of anilines is 2. The Morgan fingerprint density at radius 3 is 2.39 bits per heavy atom. The summed E-state index contributed by atoms with van der Waals surface area (Å²) in [7, 11) is 1.56. The van der Waals surface area contributed by atoms with E-state index in [1.165, 1.54) is 13.0 Å². The van der Waals surface area contributed by atoms with E-state index in [2.05, 4.69) is 5.32 Å². The van der Waals surface area contributed by atoms with E-state index < -0.39 is 22.9 Å². The largest absolute Gasteiger partial charge is 0.497 e. The maximum absolute atomic E-state index is 12.5. The fourth-order valence-electron chi connectivity index (χ4n) is 3.48. The monoisotopic (exact) mass is 427 g/mol. The van der Waals surface area contributed by atoms with Gasteiger partial charge in [0.25, 0.3) is 11.6 Å². The fourth-order valence-corrected chi connectivity index (χ4v) is 3.48. The second kappa shape index (κ2) is 9.92. The van der Waals surface area contributed by atoms with Gasteiger partial charge in [-0.3, -0.25) is 19.7 Å². The number of hydrogen-bond donors (Lipinski definition) is 1. The van der Waals surface area contributed by atoms with E-state index in [0.717, 1.165) is 0 Å². The number of methoxy groups -OCH3 is 1. The van der Waals surface area contributed by atoms with Gasteiger partial charge in [-0.2, -0.15) is 0 Å². The first-order valence-electron chi connectivity index (χ1n) is 10.0. The number of nitrogens with zero attached hydrogens (tertiary/aromatic N) is 2. The summed E-state index contributed by atoms with van der Waals surface area (Å²) < 4.78 is 10.4. The van der Waals surface area contributed by atoms with Crippen LogP contribution in [-0.4, -0.2) is 43.1 Å². The third-order valence-electron chi connectivity index (χ3n) is 5.27. The third kappa shape index (κ3) is 5.50. The molecule has 9 heteroatoms.